The molecule has 6 aromatic carbocycles. The second-order valence-corrected chi connectivity index (χ2v) is 17.4. The summed E-state index contributed by atoms with van der Waals surface area (Å²) < 4.78 is 5.16. The predicted molar refractivity (Wildman–Crippen MR) is 224 cm³/mol. The molecule has 0 amide bonds. The maximum absolute atomic E-state index is 2.63. The van der Waals surface area contributed by atoms with Crippen LogP contribution in [0.3, 0.4) is 0 Å². The Morgan fingerprint density at radius 1 is 0.453 bits per heavy atom. The van der Waals surface area contributed by atoms with Crippen LogP contribution in [0.2, 0.25) is 0 Å². The molecule has 0 saturated heterocycles. The summed E-state index contributed by atoms with van der Waals surface area (Å²) in [6, 6.07) is 48.4. The van der Waals surface area contributed by atoms with Gasteiger partial charge in [-0.15, -0.1) is 0 Å². The highest BCUT2D eigenvalue weighted by atomic mass is 15.3. The Hall–Kier alpha value is -5.94. The van der Waals surface area contributed by atoms with Gasteiger partial charge in [0.05, 0.1) is 28.1 Å². The van der Waals surface area contributed by atoms with Crippen molar-refractivity contribution in [3.63, 3.8) is 0 Å². The lowest BCUT2D eigenvalue weighted by Gasteiger charge is -2.45. The fraction of sp³-hybridized carbons (Fsp3) is 0.167. The number of rotatable bonds is 2. The highest BCUT2D eigenvalue weighted by Crippen LogP contribution is 2.56. The topological polar surface area (TPSA) is 16.3 Å². The van der Waals surface area contributed by atoms with Crippen LogP contribution in [0.15, 0.2) is 127 Å². The van der Waals surface area contributed by atoms with E-state index in [9.17, 15) is 0 Å². The normalized spacial score (nSPS) is 14.5. The van der Waals surface area contributed by atoms with Gasteiger partial charge in [0, 0.05) is 44.7 Å². The molecule has 4 nitrogen and oxygen atoms in total. The van der Waals surface area contributed by atoms with E-state index in [1.807, 2.05) is 0 Å². The second-order valence-electron chi connectivity index (χ2n) is 17.4. The van der Waals surface area contributed by atoms with Crippen LogP contribution in [0, 0.1) is 0 Å². The molecule has 0 N–H and O–H groups in total. The van der Waals surface area contributed by atoms with Gasteiger partial charge in [-0.2, -0.15) is 0 Å². The van der Waals surface area contributed by atoms with Crippen molar-refractivity contribution in [2.24, 2.45) is 0 Å². The average molecular weight is 683 g/mol. The number of fused-ring (bicyclic) bond motifs is 6. The molecule has 0 fully saturated rings. The maximum Gasteiger partial charge on any atom is 0.276 e. The molecule has 0 aliphatic carbocycles. The van der Waals surface area contributed by atoms with E-state index >= 15 is 0 Å². The molecule has 2 aromatic heterocycles. The summed E-state index contributed by atoms with van der Waals surface area (Å²) in [5, 5.41) is 2.70. The van der Waals surface area contributed by atoms with Crippen LogP contribution in [0.25, 0.3) is 44.3 Å². The average Bonchev–Trinajstić information content (AvgIpc) is 3.69. The number of hydrogen-bond acceptors (Lipinski definition) is 2. The van der Waals surface area contributed by atoms with Crippen molar-refractivity contribution in [3.8, 4) is 22.5 Å². The summed E-state index contributed by atoms with van der Waals surface area (Å²) >= 11 is 0. The van der Waals surface area contributed by atoms with E-state index in [1.165, 1.54) is 106 Å². The van der Waals surface area contributed by atoms with Gasteiger partial charge in [0.25, 0.3) is 6.71 Å². The molecule has 0 atom stereocenters. The second kappa shape index (κ2) is 9.53. The third-order valence-electron chi connectivity index (χ3n) is 12.5. The molecule has 0 bridgehead atoms. The van der Waals surface area contributed by atoms with Gasteiger partial charge in [-0.1, -0.05) is 102 Å². The van der Waals surface area contributed by atoms with Gasteiger partial charge < -0.3 is 9.47 Å². The molecule has 4 aliphatic heterocycles. The van der Waals surface area contributed by atoms with Gasteiger partial charge in [0.15, 0.2) is 0 Å². The molecule has 0 saturated carbocycles. The molecule has 5 heteroatoms. The minimum atomic E-state index is 0.0399. The van der Waals surface area contributed by atoms with Gasteiger partial charge in [-0.05, 0) is 105 Å². The van der Waals surface area contributed by atoms with Crippen LogP contribution in [-0.4, -0.2) is 15.8 Å². The minimum absolute atomic E-state index is 0.0399. The van der Waals surface area contributed by atoms with Crippen molar-refractivity contribution in [1.82, 2.24) is 9.13 Å². The molecule has 6 heterocycles. The van der Waals surface area contributed by atoms with Crippen LogP contribution in [0.5, 0.6) is 0 Å². The van der Waals surface area contributed by atoms with Gasteiger partial charge in [0.2, 0.25) is 0 Å². The lowest BCUT2D eigenvalue weighted by molar-refractivity contribution is 0.590. The van der Waals surface area contributed by atoms with E-state index in [0.29, 0.717) is 0 Å². The lowest BCUT2D eigenvalue weighted by atomic mass is 9.34. The van der Waals surface area contributed by atoms with E-state index in [4.69, 9.17) is 0 Å². The van der Waals surface area contributed by atoms with Crippen LogP contribution in [0.4, 0.5) is 34.3 Å². The van der Waals surface area contributed by atoms with Crippen molar-refractivity contribution in [2.45, 2.75) is 52.4 Å². The van der Waals surface area contributed by atoms with Gasteiger partial charge in [-0.25, -0.2) is 0 Å². The monoisotopic (exact) mass is 682 g/mol. The standard InChI is InChI=1S/C48H39BN4/c1-47(2,3)28-21-24-31(25-22-28)51-38-19-12-20-39-42(38)49-43-41-36(50(46(43)51)30-13-8-7-9-14-30)17-11-18-37(41)53-35-16-10-15-32-33-27-29(48(4,5)6)23-26-34(33)52(39)44(40(32)35)45(49)53/h7-27H,1-6H3. The number of para-hydroxylation sites is 1. The number of benzene rings is 6. The zero-order valence-electron chi connectivity index (χ0n) is 31.0. The Balaban J connectivity index is 1.27. The zero-order valence-corrected chi connectivity index (χ0v) is 31.0. The fourth-order valence-electron chi connectivity index (χ4n) is 10.1. The summed E-state index contributed by atoms with van der Waals surface area (Å²) in [5.41, 5.74) is 20.9. The summed E-state index contributed by atoms with van der Waals surface area (Å²) in [4.78, 5) is 5.18. The third-order valence-corrected chi connectivity index (χ3v) is 12.5. The van der Waals surface area contributed by atoms with Crippen LogP contribution in [-0.2, 0) is 10.8 Å². The minimum Gasteiger partial charge on any atom is -0.319 e. The van der Waals surface area contributed by atoms with Crippen molar-refractivity contribution in [1.29, 1.82) is 0 Å². The first kappa shape index (κ1) is 29.6. The molecule has 8 aromatic rings. The molecule has 53 heavy (non-hydrogen) atoms. The van der Waals surface area contributed by atoms with E-state index in [-0.39, 0.29) is 17.5 Å². The lowest BCUT2D eigenvalue weighted by Crippen LogP contribution is -2.64. The maximum atomic E-state index is 2.63. The molecule has 12 rings (SSSR count). The summed E-state index contributed by atoms with van der Waals surface area (Å²) in [5.74, 6) is 1.24. The van der Waals surface area contributed by atoms with Crippen LogP contribution >= 0.6 is 0 Å². The quantitative estimate of drug-likeness (QED) is 0.169. The Bertz CT molecular complexity index is 2910. The van der Waals surface area contributed by atoms with E-state index < -0.39 is 0 Å². The van der Waals surface area contributed by atoms with Gasteiger partial charge >= 0.3 is 0 Å². The number of anilines is 6. The summed E-state index contributed by atoms with van der Waals surface area (Å²) in [7, 11) is 0. The molecule has 0 unspecified atom stereocenters. The molecule has 254 valence electrons. The fourth-order valence-corrected chi connectivity index (χ4v) is 10.1. The molecular formula is C48H39BN4. The summed E-state index contributed by atoms with van der Waals surface area (Å²) in [6.45, 7) is 13.9. The van der Waals surface area contributed by atoms with Crippen LogP contribution in [0.1, 0.15) is 52.7 Å². The Morgan fingerprint density at radius 2 is 1.09 bits per heavy atom. The van der Waals surface area contributed by atoms with Gasteiger partial charge in [0.1, 0.15) is 5.82 Å². The molecule has 0 radical (unpaired) electrons. The number of aromatic nitrogens is 2. The first-order valence-corrected chi connectivity index (χ1v) is 19.0. The van der Waals surface area contributed by atoms with Crippen molar-refractivity contribution in [2.75, 3.05) is 9.80 Å². The van der Waals surface area contributed by atoms with E-state index in [0.717, 1.165) is 0 Å². The Kier molecular flexibility index (Phi) is 5.33. The molecule has 4 aliphatic rings. The van der Waals surface area contributed by atoms with Crippen molar-refractivity contribution in [3.05, 3.63) is 139 Å². The van der Waals surface area contributed by atoms with Crippen LogP contribution < -0.4 is 26.3 Å². The first-order valence-electron chi connectivity index (χ1n) is 19.0. The highest BCUT2D eigenvalue weighted by Gasteiger charge is 2.52. The van der Waals surface area contributed by atoms with E-state index in [1.54, 1.807) is 0 Å². The first-order chi connectivity index (χ1) is 25.6. The molecule has 0 spiro atoms. The zero-order chi connectivity index (χ0) is 35.7. The third kappa shape index (κ3) is 3.54. The Labute approximate surface area is 310 Å². The SMILES string of the molecule is CC(C)(C)c1ccc(N2c3cccc4c3B3c5c2n(-c2ccccc2)c2cccc(c52)-n2c3c3c5c(cccc52)-c2cc(C(C)(C)C)ccc2N43)cc1. The smallest absolute Gasteiger partial charge is 0.276 e. The van der Waals surface area contributed by atoms with Crippen molar-refractivity contribution < 1.29 is 0 Å². The Morgan fingerprint density at radius 3 is 1.83 bits per heavy atom. The predicted octanol–water partition coefficient (Wildman–Crippen LogP) is 10.5. The van der Waals surface area contributed by atoms with Gasteiger partial charge in [-0.3, -0.25) is 9.47 Å². The number of hydrogen-bond donors (Lipinski definition) is 0. The number of nitrogens with zero attached hydrogens (tertiary/aromatic N) is 4. The highest BCUT2D eigenvalue weighted by molar-refractivity contribution is 7.02. The van der Waals surface area contributed by atoms with Crippen molar-refractivity contribution >= 4 is 79.3 Å². The molecular weight excluding hydrogens is 643 g/mol. The largest absolute Gasteiger partial charge is 0.319 e. The van der Waals surface area contributed by atoms with E-state index in [2.05, 4.69) is 188 Å². The summed E-state index contributed by atoms with van der Waals surface area (Å²) in [6.07, 6.45) is 0.